The van der Waals surface area contributed by atoms with Crippen molar-refractivity contribution in [2.75, 3.05) is 19.0 Å². The van der Waals surface area contributed by atoms with E-state index in [1.54, 1.807) is 13.2 Å². The third-order valence-corrected chi connectivity index (χ3v) is 5.09. The molecule has 5 nitrogen and oxygen atoms in total. The van der Waals surface area contributed by atoms with Gasteiger partial charge in [-0.05, 0) is 61.6 Å². The van der Waals surface area contributed by atoms with Crippen molar-refractivity contribution in [2.45, 2.75) is 26.2 Å². The number of carbonyl (C=O) groups is 2. The molecule has 0 aliphatic heterocycles. The van der Waals surface area contributed by atoms with Crippen LogP contribution in [0.4, 0.5) is 5.69 Å². The van der Waals surface area contributed by atoms with Gasteiger partial charge in [0.1, 0.15) is 11.2 Å². The van der Waals surface area contributed by atoms with Gasteiger partial charge in [-0.25, -0.2) is 0 Å². The molecule has 2 aromatic carbocycles. The van der Waals surface area contributed by atoms with Gasteiger partial charge in [0.25, 0.3) is 0 Å². The molecule has 0 spiro atoms. The molecule has 27 heavy (non-hydrogen) atoms. The normalized spacial score (nSPS) is 14.3. The molecule has 0 heterocycles. The summed E-state index contributed by atoms with van der Waals surface area (Å²) >= 11 is 5.87. The van der Waals surface area contributed by atoms with Gasteiger partial charge in [0.15, 0.2) is 0 Å². The SMILES string of the molecule is COc1ccc(C)cc1NC(=O)C1(C(=O)NCCc2ccc(Cl)cc2)CC1. The van der Waals surface area contributed by atoms with Gasteiger partial charge in [0, 0.05) is 11.6 Å². The summed E-state index contributed by atoms with van der Waals surface area (Å²) in [6.45, 7) is 2.41. The summed E-state index contributed by atoms with van der Waals surface area (Å²) in [6.07, 6.45) is 1.80. The number of anilines is 1. The average molecular weight is 387 g/mol. The summed E-state index contributed by atoms with van der Waals surface area (Å²) in [7, 11) is 1.55. The van der Waals surface area contributed by atoms with Gasteiger partial charge >= 0.3 is 0 Å². The number of nitrogens with one attached hydrogen (secondary N) is 2. The smallest absolute Gasteiger partial charge is 0.240 e. The van der Waals surface area contributed by atoms with E-state index in [-0.39, 0.29) is 11.8 Å². The van der Waals surface area contributed by atoms with Crippen molar-refractivity contribution in [1.82, 2.24) is 5.32 Å². The number of amides is 2. The molecule has 3 rings (SSSR count). The van der Waals surface area contributed by atoms with E-state index in [0.29, 0.717) is 42.3 Å². The van der Waals surface area contributed by atoms with Crippen molar-refractivity contribution in [3.63, 3.8) is 0 Å². The summed E-state index contributed by atoms with van der Waals surface area (Å²) in [6, 6.07) is 13.1. The fourth-order valence-corrected chi connectivity index (χ4v) is 3.11. The van der Waals surface area contributed by atoms with Gasteiger partial charge in [-0.15, -0.1) is 0 Å². The third-order valence-electron chi connectivity index (χ3n) is 4.83. The fourth-order valence-electron chi connectivity index (χ4n) is 2.98. The number of halogens is 1. The Morgan fingerprint density at radius 3 is 2.44 bits per heavy atom. The van der Waals surface area contributed by atoms with E-state index in [9.17, 15) is 9.59 Å². The first-order chi connectivity index (χ1) is 12.9. The maximum atomic E-state index is 12.7. The van der Waals surface area contributed by atoms with Crippen LogP contribution in [0.1, 0.15) is 24.0 Å². The zero-order chi connectivity index (χ0) is 19.4. The van der Waals surface area contributed by atoms with Gasteiger partial charge in [-0.2, -0.15) is 0 Å². The highest BCUT2D eigenvalue weighted by atomic mass is 35.5. The summed E-state index contributed by atoms with van der Waals surface area (Å²) in [5.41, 5.74) is 1.69. The largest absolute Gasteiger partial charge is 0.495 e. The molecule has 6 heteroatoms. The molecule has 0 bridgehead atoms. The van der Waals surface area contributed by atoms with E-state index in [4.69, 9.17) is 16.3 Å². The van der Waals surface area contributed by atoms with E-state index in [0.717, 1.165) is 11.1 Å². The van der Waals surface area contributed by atoms with Gasteiger partial charge in [0.2, 0.25) is 11.8 Å². The second-order valence-corrected chi connectivity index (χ2v) is 7.31. The number of rotatable bonds is 7. The topological polar surface area (TPSA) is 67.4 Å². The standard InChI is InChI=1S/C21H23ClN2O3/c1-14-3-8-18(27-2)17(13-14)24-20(26)21(10-11-21)19(25)23-12-9-15-4-6-16(22)7-5-15/h3-8,13H,9-12H2,1-2H3,(H,23,25)(H,24,26). The molecule has 2 amide bonds. The first kappa shape index (κ1) is 19.2. The van der Waals surface area contributed by atoms with E-state index in [2.05, 4.69) is 10.6 Å². The van der Waals surface area contributed by atoms with Crippen LogP contribution in [-0.4, -0.2) is 25.5 Å². The molecule has 1 fully saturated rings. The molecule has 0 unspecified atom stereocenters. The highest BCUT2D eigenvalue weighted by Gasteiger charge is 2.56. The Kier molecular flexibility index (Phi) is 5.71. The molecule has 0 atom stereocenters. The summed E-state index contributed by atoms with van der Waals surface area (Å²) in [5.74, 6) is 0.0730. The maximum absolute atomic E-state index is 12.7. The molecule has 0 radical (unpaired) electrons. The van der Waals surface area contributed by atoms with Gasteiger partial charge in [-0.3, -0.25) is 9.59 Å². The highest BCUT2D eigenvalue weighted by Crippen LogP contribution is 2.47. The first-order valence-corrected chi connectivity index (χ1v) is 9.31. The Hall–Kier alpha value is -2.53. The number of methoxy groups -OCH3 is 1. The van der Waals surface area contributed by atoms with Crippen LogP contribution in [-0.2, 0) is 16.0 Å². The first-order valence-electron chi connectivity index (χ1n) is 8.93. The molecular formula is C21H23ClN2O3. The minimum Gasteiger partial charge on any atom is -0.495 e. The van der Waals surface area contributed by atoms with Crippen molar-refractivity contribution in [2.24, 2.45) is 5.41 Å². The molecule has 0 aromatic heterocycles. The average Bonchev–Trinajstić information content (AvgIpc) is 3.45. The number of carbonyl (C=O) groups excluding carboxylic acids is 2. The summed E-state index contributed by atoms with van der Waals surface area (Å²) in [4.78, 5) is 25.3. The Bertz CT molecular complexity index is 845. The summed E-state index contributed by atoms with van der Waals surface area (Å²) in [5, 5.41) is 6.44. The number of hydrogen-bond donors (Lipinski definition) is 2. The van der Waals surface area contributed by atoms with Crippen LogP contribution in [0, 0.1) is 12.3 Å². The van der Waals surface area contributed by atoms with E-state index < -0.39 is 5.41 Å². The van der Waals surface area contributed by atoms with Crippen LogP contribution in [0.2, 0.25) is 5.02 Å². The van der Waals surface area contributed by atoms with Crippen LogP contribution in [0.15, 0.2) is 42.5 Å². The van der Waals surface area contributed by atoms with Crippen LogP contribution < -0.4 is 15.4 Å². The van der Waals surface area contributed by atoms with Gasteiger partial charge < -0.3 is 15.4 Å². The number of hydrogen-bond acceptors (Lipinski definition) is 3. The second kappa shape index (κ2) is 8.01. The zero-order valence-corrected chi connectivity index (χ0v) is 16.2. The lowest BCUT2D eigenvalue weighted by atomic mass is 10.0. The van der Waals surface area contributed by atoms with Crippen molar-refractivity contribution < 1.29 is 14.3 Å². The predicted octanol–water partition coefficient (Wildman–Crippen LogP) is 3.73. The predicted molar refractivity (Wildman–Crippen MR) is 106 cm³/mol. The van der Waals surface area contributed by atoms with Crippen molar-refractivity contribution in [3.8, 4) is 5.75 Å². The molecule has 1 saturated carbocycles. The van der Waals surface area contributed by atoms with Crippen molar-refractivity contribution in [1.29, 1.82) is 0 Å². The van der Waals surface area contributed by atoms with Crippen molar-refractivity contribution >= 4 is 29.1 Å². The Morgan fingerprint density at radius 2 is 1.81 bits per heavy atom. The number of benzene rings is 2. The quantitative estimate of drug-likeness (QED) is 0.712. The number of ether oxygens (including phenoxy) is 1. The van der Waals surface area contributed by atoms with E-state index >= 15 is 0 Å². The minimum atomic E-state index is -0.977. The van der Waals surface area contributed by atoms with Crippen molar-refractivity contribution in [3.05, 3.63) is 58.6 Å². The van der Waals surface area contributed by atoms with Crippen LogP contribution in [0.5, 0.6) is 5.75 Å². The fraction of sp³-hybridized carbons (Fsp3) is 0.333. The molecule has 142 valence electrons. The lowest BCUT2D eigenvalue weighted by Crippen LogP contribution is -2.40. The Balaban J connectivity index is 1.59. The lowest BCUT2D eigenvalue weighted by Gasteiger charge is -2.17. The van der Waals surface area contributed by atoms with Crippen LogP contribution >= 0.6 is 11.6 Å². The monoisotopic (exact) mass is 386 g/mol. The third kappa shape index (κ3) is 4.42. The van der Waals surface area contributed by atoms with E-state index in [1.807, 2.05) is 43.3 Å². The summed E-state index contributed by atoms with van der Waals surface area (Å²) < 4.78 is 5.29. The Labute approximate surface area is 164 Å². The number of aryl methyl sites for hydroxylation is 1. The second-order valence-electron chi connectivity index (χ2n) is 6.87. The lowest BCUT2D eigenvalue weighted by molar-refractivity contribution is -0.134. The molecule has 0 saturated heterocycles. The minimum absolute atomic E-state index is 0.222. The highest BCUT2D eigenvalue weighted by molar-refractivity contribution is 6.30. The Morgan fingerprint density at radius 1 is 1.11 bits per heavy atom. The molecule has 1 aliphatic rings. The van der Waals surface area contributed by atoms with Crippen LogP contribution in [0.3, 0.4) is 0 Å². The zero-order valence-electron chi connectivity index (χ0n) is 15.5. The maximum Gasteiger partial charge on any atom is 0.240 e. The van der Waals surface area contributed by atoms with E-state index in [1.165, 1.54) is 0 Å². The van der Waals surface area contributed by atoms with Gasteiger partial charge in [-0.1, -0.05) is 29.8 Å². The molecule has 1 aliphatic carbocycles. The molecular weight excluding hydrogens is 364 g/mol. The molecule has 2 aromatic rings. The van der Waals surface area contributed by atoms with Crippen LogP contribution in [0.25, 0.3) is 0 Å². The molecule has 2 N–H and O–H groups in total. The van der Waals surface area contributed by atoms with Gasteiger partial charge in [0.05, 0.1) is 12.8 Å².